The van der Waals surface area contributed by atoms with Crippen molar-refractivity contribution >= 4 is 0 Å². The molecule has 4 aliphatic carbocycles. The number of rotatable bonds is 0. The zero-order valence-corrected chi connectivity index (χ0v) is 7.93. The minimum absolute atomic E-state index is 0.672. The van der Waals surface area contributed by atoms with Crippen LogP contribution in [0.25, 0.3) is 0 Å². The number of hydrogen-bond acceptors (Lipinski definition) is 0. The van der Waals surface area contributed by atoms with E-state index in [1.165, 1.54) is 0 Å². The molecule has 1 aromatic rings. The first-order valence-corrected chi connectivity index (χ1v) is 5.40. The van der Waals surface area contributed by atoms with Gasteiger partial charge in [0.25, 0.3) is 0 Å². The lowest BCUT2D eigenvalue weighted by atomic mass is 9.55. The van der Waals surface area contributed by atoms with Gasteiger partial charge in [-0.1, -0.05) is 48.6 Å². The highest BCUT2D eigenvalue weighted by atomic mass is 14.5. The van der Waals surface area contributed by atoms with E-state index in [1.807, 2.05) is 0 Å². The average Bonchev–Trinajstić information content (AvgIpc) is 2.19. The zero-order valence-electron chi connectivity index (χ0n) is 7.93. The molecule has 1 aromatic carbocycles. The van der Waals surface area contributed by atoms with Crippen LogP contribution in [0, 0.1) is 11.8 Å². The minimum atomic E-state index is 0.672. The summed E-state index contributed by atoms with van der Waals surface area (Å²) in [6.07, 6.45) is 9.61. The van der Waals surface area contributed by atoms with Crippen molar-refractivity contribution in [1.82, 2.24) is 0 Å². The molecule has 0 radical (unpaired) electrons. The van der Waals surface area contributed by atoms with Crippen LogP contribution < -0.4 is 0 Å². The summed E-state index contributed by atoms with van der Waals surface area (Å²) in [5.41, 5.74) is 3.15. The summed E-state index contributed by atoms with van der Waals surface area (Å²) in [6, 6.07) is 8.95. The van der Waals surface area contributed by atoms with Crippen molar-refractivity contribution in [3.8, 4) is 0 Å². The fourth-order valence-corrected chi connectivity index (χ4v) is 3.32. The predicted molar refractivity (Wildman–Crippen MR) is 57.2 cm³/mol. The molecule has 0 N–H and O–H groups in total. The summed E-state index contributed by atoms with van der Waals surface area (Å²) in [4.78, 5) is 0. The first-order chi connectivity index (χ1) is 6.95. The molecular weight excluding hydrogens is 168 g/mol. The third-order valence-electron chi connectivity index (χ3n) is 4.07. The van der Waals surface area contributed by atoms with Crippen LogP contribution in [-0.4, -0.2) is 0 Å². The molecule has 0 unspecified atom stereocenters. The fraction of sp³-hybridized carbons (Fsp3) is 0.286. The third kappa shape index (κ3) is 0.639. The highest BCUT2D eigenvalue weighted by molar-refractivity contribution is 5.50. The second kappa shape index (κ2) is 2.20. The van der Waals surface area contributed by atoms with Gasteiger partial charge in [0.05, 0.1) is 0 Å². The average molecular weight is 180 g/mol. The van der Waals surface area contributed by atoms with Gasteiger partial charge in [-0.2, -0.15) is 0 Å². The molecule has 4 aliphatic rings. The van der Waals surface area contributed by atoms with Crippen LogP contribution in [0.15, 0.2) is 48.6 Å². The molecule has 0 aliphatic heterocycles. The van der Waals surface area contributed by atoms with Crippen molar-refractivity contribution in [2.45, 2.75) is 11.8 Å². The molecule has 0 nitrogen and oxygen atoms in total. The molecule has 0 amide bonds. The van der Waals surface area contributed by atoms with Gasteiger partial charge in [0.1, 0.15) is 0 Å². The standard InChI is InChI=1S/C14H12/c1-2-4-10-9(3-1)11-5-6-12(10)14-8-7-13(11)14/h1-8,11-14H/t11-,12-,13+,14+/m0/s1. The van der Waals surface area contributed by atoms with Gasteiger partial charge < -0.3 is 0 Å². The Hall–Kier alpha value is -1.30. The molecule has 0 saturated carbocycles. The van der Waals surface area contributed by atoms with E-state index in [9.17, 15) is 0 Å². The van der Waals surface area contributed by atoms with Crippen molar-refractivity contribution in [2.75, 3.05) is 0 Å². The van der Waals surface area contributed by atoms with Crippen LogP contribution in [0.5, 0.6) is 0 Å². The molecule has 14 heavy (non-hydrogen) atoms. The van der Waals surface area contributed by atoms with Crippen LogP contribution in [-0.2, 0) is 0 Å². The molecular formula is C14H12. The molecule has 0 fully saturated rings. The topological polar surface area (TPSA) is 0 Å². The molecule has 2 bridgehead atoms. The van der Waals surface area contributed by atoms with Crippen molar-refractivity contribution in [1.29, 1.82) is 0 Å². The van der Waals surface area contributed by atoms with Crippen LogP contribution in [0.1, 0.15) is 23.0 Å². The predicted octanol–water partition coefficient (Wildman–Crippen LogP) is 3.24. The Morgan fingerprint density at radius 2 is 1.14 bits per heavy atom. The Kier molecular flexibility index (Phi) is 1.11. The summed E-state index contributed by atoms with van der Waals surface area (Å²) in [5, 5.41) is 0. The quantitative estimate of drug-likeness (QED) is 0.538. The highest BCUT2D eigenvalue weighted by Crippen LogP contribution is 2.56. The van der Waals surface area contributed by atoms with E-state index in [-0.39, 0.29) is 0 Å². The normalized spacial score (nSPS) is 40.3. The maximum atomic E-state index is 2.41. The van der Waals surface area contributed by atoms with Crippen LogP contribution in [0.4, 0.5) is 0 Å². The lowest BCUT2D eigenvalue weighted by molar-refractivity contribution is 0.317. The summed E-state index contributed by atoms with van der Waals surface area (Å²) < 4.78 is 0. The number of hydrogen-bond donors (Lipinski definition) is 0. The van der Waals surface area contributed by atoms with Crippen molar-refractivity contribution < 1.29 is 0 Å². The summed E-state index contributed by atoms with van der Waals surface area (Å²) in [7, 11) is 0. The van der Waals surface area contributed by atoms with E-state index in [4.69, 9.17) is 0 Å². The molecule has 0 heteroatoms. The SMILES string of the molecule is C1=C[C@H]2[C@H]1[C@H]1C=C[C@H]2c2ccccc21. The van der Waals surface area contributed by atoms with E-state index in [0.29, 0.717) is 11.8 Å². The summed E-state index contributed by atoms with van der Waals surface area (Å²) >= 11 is 0. The van der Waals surface area contributed by atoms with Crippen LogP contribution >= 0.6 is 0 Å². The van der Waals surface area contributed by atoms with Gasteiger partial charge >= 0.3 is 0 Å². The van der Waals surface area contributed by atoms with Gasteiger partial charge in [-0.3, -0.25) is 0 Å². The fourth-order valence-electron chi connectivity index (χ4n) is 3.32. The van der Waals surface area contributed by atoms with Crippen molar-refractivity contribution in [3.05, 3.63) is 59.7 Å². The largest absolute Gasteiger partial charge is 0.0835 e. The van der Waals surface area contributed by atoms with E-state index >= 15 is 0 Å². The molecule has 0 heterocycles. The zero-order chi connectivity index (χ0) is 9.12. The first kappa shape index (κ1) is 7.05. The van der Waals surface area contributed by atoms with Crippen LogP contribution in [0.3, 0.4) is 0 Å². The molecule has 4 atom stereocenters. The van der Waals surface area contributed by atoms with Crippen molar-refractivity contribution in [3.63, 3.8) is 0 Å². The second-order valence-electron chi connectivity index (χ2n) is 4.60. The maximum Gasteiger partial charge on any atom is 0.00899 e. The van der Waals surface area contributed by atoms with E-state index in [1.54, 1.807) is 11.1 Å². The molecule has 5 rings (SSSR count). The van der Waals surface area contributed by atoms with E-state index in [2.05, 4.69) is 48.6 Å². The van der Waals surface area contributed by atoms with Crippen molar-refractivity contribution in [2.24, 2.45) is 11.8 Å². The molecule has 0 saturated heterocycles. The van der Waals surface area contributed by atoms with Gasteiger partial charge in [0, 0.05) is 11.8 Å². The Bertz CT molecular complexity index is 412. The van der Waals surface area contributed by atoms with E-state index < -0.39 is 0 Å². The maximum absolute atomic E-state index is 2.41. The highest BCUT2D eigenvalue weighted by Gasteiger charge is 2.44. The molecule has 0 aromatic heterocycles. The Morgan fingerprint density at radius 1 is 0.643 bits per heavy atom. The monoisotopic (exact) mass is 180 g/mol. The number of allylic oxidation sites excluding steroid dienone is 4. The Morgan fingerprint density at radius 3 is 1.57 bits per heavy atom. The van der Waals surface area contributed by atoms with Gasteiger partial charge in [-0.25, -0.2) is 0 Å². The third-order valence-corrected chi connectivity index (χ3v) is 4.07. The second-order valence-corrected chi connectivity index (χ2v) is 4.60. The van der Waals surface area contributed by atoms with Gasteiger partial charge in [-0.05, 0) is 23.0 Å². The first-order valence-electron chi connectivity index (χ1n) is 5.40. The number of benzene rings is 1. The smallest absolute Gasteiger partial charge is 0.00899 e. The summed E-state index contributed by atoms with van der Waals surface area (Å²) in [5.74, 6) is 2.96. The lowest BCUT2D eigenvalue weighted by Gasteiger charge is -2.48. The molecule has 0 spiro atoms. The van der Waals surface area contributed by atoms with Gasteiger partial charge in [0.2, 0.25) is 0 Å². The Labute approximate surface area is 84.0 Å². The summed E-state index contributed by atoms with van der Waals surface area (Å²) in [6.45, 7) is 0. The van der Waals surface area contributed by atoms with E-state index in [0.717, 1.165) is 11.8 Å². The lowest BCUT2D eigenvalue weighted by Crippen LogP contribution is -2.37. The van der Waals surface area contributed by atoms with Gasteiger partial charge in [-0.15, -0.1) is 0 Å². The van der Waals surface area contributed by atoms with Gasteiger partial charge in [0.15, 0.2) is 0 Å². The minimum Gasteiger partial charge on any atom is -0.0835 e. The molecule has 68 valence electrons. The van der Waals surface area contributed by atoms with Crippen LogP contribution in [0.2, 0.25) is 0 Å². The Balaban J connectivity index is 2.00.